The number of aromatic nitrogens is 1. The van der Waals surface area contributed by atoms with Gasteiger partial charge in [0.2, 0.25) is 0 Å². The number of anilines is 1. The number of carbonyl (C=O) groups excluding carboxylic acids is 1. The van der Waals surface area contributed by atoms with E-state index in [0.29, 0.717) is 5.56 Å². The van der Waals surface area contributed by atoms with Crippen LogP contribution in [0, 0.1) is 5.82 Å². The molecule has 0 saturated carbocycles. The zero-order chi connectivity index (χ0) is 20.4. The topological polar surface area (TPSA) is 25.2 Å². The maximum atomic E-state index is 13.6. The SMILES string of the molecule is CC(C)c1c(C(=O)N(C)c2ccccc2)c(-c2ccc(F)cc2)cn1C(C)C. The van der Waals surface area contributed by atoms with Crippen molar-refractivity contribution in [2.75, 3.05) is 11.9 Å². The summed E-state index contributed by atoms with van der Waals surface area (Å²) < 4.78 is 15.6. The number of amides is 1. The van der Waals surface area contributed by atoms with Gasteiger partial charge in [-0.25, -0.2) is 4.39 Å². The van der Waals surface area contributed by atoms with Gasteiger partial charge in [-0.05, 0) is 49.6 Å². The van der Waals surface area contributed by atoms with Crippen molar-refractivity contribution in [3.63, 3.8) is 0 Å². The molecule has 1 heterocycles. The Balaban J connectivity index is 2.21. The van der Waals surface area contributed by atoms with Crippen LogP contribution in [0.2, 0.25) is 0 Å². The molecule has 0 saturated heterocycles. The lowest BCUT2D eigenvalue weighted by Gasteiger charge is -2.21. The van der Waals surface area contributed by atoms with Crippen molar-refractivity contribution < 1.29 is 9.18 Å². The van der Waals surface area contributed by atoms with E-state index < -0.39 is 0 Å². The van der Waals surface area contributed by atoms with E-state index in [2.05, 4.69) is 32.3 Å². The summed E-state index contributed by atoms with van der Waals surface area (Å²) in [7, 11) is 1.79. The van der Waals surface area contributed by atoms with E-state index in [1.165, 1.54) is 12.1 Å². The third kappa shape index (κ3) is 3.72. The van der Waals surface area contributed by atoms with Crippen LogP contribution in [0.4, 0.5) is 10.1 Å². The molecule has 0 aliphatic rings. The largest absolute Gasteiger partial charge is 0.347 e. The molecule has 0 bridgehead atoms. The molecule has 0 atom stereocenters. The minimum Gasteiger partial charge on any atom is -0.347 e. The number of nitrogens with zero attached hydrogens (tertiary/aromatic N) is 2. The van der Waals surface area contributed by atoms with Crippen molar-refractivity contribution in [1.82, 2.24) is 4.57 Å². The van der Waals surface area contributed by atoms with Gasteiger partial charge in [0.1, 0.15) is 5.82 Å². The predicted octanol–water partition coefficient (Wildman–Crippen LogP) is 6.28. The van der Waals surface area contributed by atoms with Crippen LogP contribution in [0.5, 0.6) is 0 Å². The van der Waals surface area contributed by atoms with E-state index in [9.17, 15) is 9.18 Å². The van der Waals surface area contributed by atoms with Crippen molar-refractivity contribution >= 4 is 11.6 Å². The molecule has 1 aromatic heterocycles. The number of hydrogen-bond donors (Lipinski definition) is 0. The zero-order valence-electron chi connectivity index (χ0n) is 17.1. The van der Waals surface area contributed by atoms with E-state index in [4.69, 9.17) is 0 Å². The standard InChI is InChI=1S/C24H27FN2O/c1-16(2)23-22(24(28)26(5)20-9-7-6-8-10-20)21(15-27(23)17(3)4)18-11-13-19(25)14-12-18/h6-17H,1-5H3. The van der Waals surface area contributed by atoms with Crippen LogP contribution in [0.25, 0.3) is 11.1 Å². The van der Waals surface area contributed by atoms with Gasteiger partial charge in [-0.3, -0.25) is 4.79 Å². The Morgan fingerprint density at radius 1 is 0.964 bits per heavy atom. The number of para-hydroxylation sites is 1. The fraction of sp³-hybridized carbons (Fsp3) is 0.292. The number of hydrogen-bond acceptors (Lipinski definition) is 1. The summed E-state index contributed by atoms with van der Waals surface area (Å²) in [5.41, 5.74) is 4.20. The lowest BCUT2D eigenvalue weighted by molar-refractivity contribution is 0.0992. The Kier molecular flexibility index (Phi) is 5.68. The molecule has 3 nitrogen and oxygen atoms in total. The van der Waals surface area contributed by atoms with E-state index in [1.807, 2.05) is 36.5 Å². The molecule has 0 radical (unpaired) electrons. The van der Waals surface area contributed by atoms with Gasteiger partial charge in [-0.15, -0.1) is 0 Å². The average Bonchev–Trinajstić information content (AvgIpc) is 3.09. The Morgan fingerprint density at radius 3 is 2.11 bits per heavy atom. The van der Waals surface area contributed by atoms with Crippen LogP contribution in [0.1, 0.15) is 55.7 Å². The molecule has 28 heavy (non-hydrogen) atoms. The first-order chi connectivity index (χ1) is 13.3. The first-order valence-corrected chi connectivity index (χ1v) is 9.65. The molecule has 3 rings (SSSR count). The summed E-state index contributed by atoms with van der Waals surface area (Å²) in [6.45, 7) is 8.41. The molecule has 1 amide bonds. The van der Waals surface area contributed by atoms with E-state index >= 15 is 0 Å². The third-order valence-electron chi connectivity index (χ3n) is 4.99. The van der Waals surface area contributed by atoms with Crippen LogP contribution in [0.15, 0.2) is 60.8 Å². The van der Waals surface area contributed by atoms with Crippen molar-refractivity contribution in [1.29, 1.82) is 0 Å². The maximum absolute atomic E-state index is 13.6. The fourth-order valence-electron chi connectivity index (χ4n) is 3.56. The van der Waals surface area contributed by atoms with Crippen molar-refractivity contribution in [3.8, 4) is 11.1 Å². The second-order valence-electron chi connectivity index (χ2n) is 7.67. The Morgan fingerprint density at radius 2 is 1.57 bits per heavy atom. The lowest BCUT2D eigenvalue weighted by atomic mass is 9.97. The molecule has 4 heteroatoms. The van der Waals surface area contributed by atoms with Gasteiger partial charge < -0.3 is 9.47 Å². The highest BCUT2D eigenvalue weighted by atomic mass is 19.1. The second kappa shape index (κ2) is 8.01. The zero-order valence-corrected chi connectivity index (χ0v) is 17.1. The van der Waals surface area contributed by atoms with Gasteiger partial charge in [-0.1, -0.05) is 44.2 Å². The molecule has 0 fully saturated rings. The monoisotopic (exact) mass is 378 g/mol. The predicted molar refractivity (Wildman–Crippen MR) is 113 cm³/mol. The quantitative estimate of drug-likeness (QED) is 0.513. The highest BCUT2D eigenvalue weighted by molar-refractivity contribution is 6.11. The number of carbonyl (C=O) groups is 1. The summed E-state index contributed by atoms with van der Waals surface area (Å²) >= 11 is 0. The Hall–Kier alpha value is -2.88. The maximum Gasteiger partial charge on any atom is 0.260 e. The second-order valence-corrected chi connectivity index (χ2v) is 7.67. The highest BCUT2D eigenvalue weighted by Crippen LogP contribution is 2.36. The van der Waals surface area contributed by atoms with Crippen LogP contribution in [0.3, 0.4) is 0 Å². The molecule has 2 aromatic carbocycles. The number of benzene rings is 2. The summed E-state index contributed by atoms with van der Waals surface area (Å²) in [6, 6.07) is 16.2. The molecule has 0 N–H and O–H groups in total. The normalized spacial score (nSPS) is 11.3. The van der Waals surface area contributed by atoms with E-state index in [-0.39, 0.29) is 23.7 Å². The van der Waals surface area contributed by atoms with Crippen LogP contribution in [-0.4, -0.2) is 17.5 Å². The molecule has 0 unspecified atom stereocenters. The average molecular weight is 378 g/mol. The molecule has 146 valence electrons. The van der Waals surface area contributed by atoms with Gasteiger partial charge in [0.15, 0.2) is 0 Å². The summed E-state index contributed by atoms with van der Waals surface area (Å²) in [4.78, 5) is 15.3. The summed E-state index contributed by atoms with van der Waals surface area (Å²) in [5, 5.41) is 0. The first-order valence-electron chi connectivity index (χ1n) is 9.65. The van der Waals surface area contributed by atoms with Gasteiger partial charge in [0, 0.05) is 36.2 Å². The molecule has 3 aromatic rings. The van der Waals surface area contributed by atoms with Crippen LogP contribution in [-0.2, 0) is 0 Å². The van der Waals surface area contributed by atoms with Crippen molar-refractivity contribution in [2.24, 2.45) is 0 Å². The highest BCUT2D eigenvalue weighted by Gasteiger charge is 2.28. The molecular formula is C24H27FN2O. The van der Waals surface area contributed by atoms with Crippen molar-refractivity contribution in [3.05, 3.63) is 77.9 Å². The van der Waals surface area contributed by atoms with Gasteiger partial charge in [0.25, 0.3) is 5.91 Å². The van der Waals surface area contributed by atoms with E-state index in [0.717, 1.165) is 22.5 Å². The minimum absolute atomic E-state index is 0.0615. The number of halogens is 1. The first kappa shape index (κ1) is 19.9. The van der Waals surface area contributed by atoms with Crippen LogP contribution < -0.4 is 4.90 Å². The third-order valence-corrected chi connectivity index (χ3v) is 4.99. The molecule has 0 spiro atoms. The fourth-order valence-corrected chi connectivity index (χ4v) is 3.56. The molecule has 0 aliphatic heterocycles. The van der Waals surface area contributed by atoms with Crippen molar-refractivity contribution in [2.45, 2.75) is 39.7 Å². The Bertz CT molecular complexity index is 956. The van der Waals surface area contributed by atoms with Gasteiger partial charge in [-0.2, -0.15) is 0 Å². The summed E-state index contributed by atoms with van der Waals surface area (Å²) in [6.07, 6.45) is 2.03. The summed E-state index contributed by atoms with van der Waals surface area (Å²) in [5.74, 6) is -0.182. The van der Waals surface area contributed by atoms with E-state index in [1.54, 1.807) is 24.1 Å². The molecule has 0 aliphatic carbocycles. The molecular weight excluding hydrogens is 351 g/mol. The van der Waals surface area contributed by atoms with Gasteiger partial charge in [0.05, 0.1) is 5.56 Å². The number of rotatable bonds is 5. The van der Waals surface area contributed by atoms with Gasteiger partial charge >= 0.3 is 0 Å². The smallest absolute Gasteiger partial charge is 0.260 e. The lowest BCUT2D eigenvalue weighted by Crippen LogP contribution is -2.28. The van der Waals surface area contributed by atoms with Crippen LogP contribution >= 0.6 is 0 Å². The Labute approximate surface area is 166 Å². The minimum atomic E-state index is -0.287.